The molecule has 0 spiro atoms. The van der Waals surface area contributed by atoms with Gasteiger partial charge in [-0.1, -0.05) is 23.2 Å². The molecule has 0 aliphatic heterocycles. The standard InChI is InChI=1S/C16H14Cl2O5/c1-2-23-16(22)9-6-12(19)14(13(20)7-9)15(21)8-3-4-10(17)11(18)5-8/h3-5,9,21H,2,6-7H2,1H3. The Labute approximate surface area is 142 Å². The summed E-state index contributed by atoms with van der Waals surface area (Å²) in [5.74, 6) is -3.03. The molecule has 1 fully saturated rings. The SMILES string of the molecule is CCOC(=O)C1CC(=O)C(=C(O)c2ccc(Cl)c(Cl)c2)C(=O)C1. The predicted molar refractivity (Wildman–Crippen MR) is 85.4 cm³/mol. The maximum atomic E-state index is 12.2. The van der Waals surface area contributed by atoms with E-state index in [1.807, 2.05) is 0 Å². The summed E-state index contributed by atoms with van der Waals surface area (Å²) in [5.41, 5.74) is -0.102. The quantitative estimate of drug-likeness (QED) is 0.388. The molecule has 0 saturated heterocycles. The van der Waals surface area contributed by atoms with Crippen molar-refractivity contribution in [2.75, 3.05) is 6.61 Å². The topological polar surface area (TPSA) is 80.7 Å². The van der Waals surface area contributed by atoms with Crippen molar-refractivity contribution in [3.63, 3.8) is 0 Å². The Morgan fingerprint density at radius 1 is 1.22 bits per heavy atom. The lowest BCUT2D eigenvalue weighted by Crippen LogP contribution is -2.32. The van der Waals surface area contributed by atoms with Crippen LogP contribution in [0.25, 0.3) is 5.76 Å². The average Bonchev–Trinajstić information content (AvgIpc) is 2.49. The minimum Gasteiger partial charge on any atom is -0.506 e. The fraction of sp³-hybridized carbons (Fsp3) is 0.312. The first-order chi connectivity index (χ1) is 10.8. The lowest BCUT2D eigenvalue weighted by atomic mass is 9.82. The van der Waals surface area contributed by atoms with E-state index in [4.69, 9.17) is 27.9 Å². The van der Waals surface area contributed by atoms with E-state index in [1.54, 1.807) is 6.92 Å². The van der Waals surface area contributed by atoms with Crippen molar-refractivity contribution in [1.82, 2.24) is 0 Å². The summed E-state index contributed by atoms with van der Waals surface area (Å²) in [4.78, 5) is 36.1. The van der Waals surface area contributed by atoms with Crippen LogP contribution < -0.4 is 0 Å². The normalized spacial score (nSPS) is 18.0. The van der Waals surface area contributed by atoms with Crippen LogP contribution in [0.4, 0.5) is 0 Å². The molecule has 1 aromatic rings. The number of Topliss-reactive ketones (excluding diaryl/α,β-unsaturated/α-hetero) is 2. The second-order valence-corrected chi connectivity index (χ2v) is 5.87. The lowest BCUT2D eigenvalue weighted by Gasteiger charge is -2.21. The van der Waals surface area contributed by atoms with Crippen molar-refractivity contribution in [2.24, 2.45) is 5.92 Å². The van der Waals surface area contributed by atoms with Crippen LogP contribution in [-0.2, 0) is 19.1 Å². The molecule has 0 unspecified atom stereocenters. The molecule has 1 aliphatic rings. The van der Waals surface area contributed by atoms with Crippen LogP contribution in [-0.4, -0.2) is 29.2 Å². The number of carbonyl (C=O) groups excluding carboxylic acids is 3. The zero-order valence-electron chi connectivity index (χ0n) is 12.3. The van der Waals surface area contributed by atoms with Gasteiger partial charge in [0.25, 0.3) is 0 Å². The van der Waals surface area contributed by atoms with E-state index in [0.29, 0.717) is 0 Å². The van der Waals surface area contributed by atoms with Crippen LogP contribution in [0.1, 0.15) is 25.3 Å². The number of aliphatic hydroxyl groups excluding tert-OH is 1. The molecule has 1 saturated carbocycles. The number of hydrogen-bond donors (Lipinski definition) is 1. The van der Waals surface area contributed by atoms with Gasteiger partial charge in [-0.15, -0.1) is 0 Å². The number of rotatable bonds is 3. The van der Waals surface area contributed by atoms with Gasteiger partial charge in [0.15, 0.2) is 11.6 Å². The van der Waals surface area contributed by atoms with E-state index < -0.39 is 29.2 Å². The molecule has 0 heterocycles. The summed E-state index contributed by atoms with van der Waals surface area (Å²) < 4.78 is 4.83. The van der Waals surface area contributed by atoms with Gasteiger partial charge in [0, 0.05) is 18.4 Å². The Hall–Kier alpha value is -1.85. The maximum absolute atomic E-state index is 12.2. The Balaban J connectivity index is 2.32. The first-order valence-electron chi connectivity index (χ1n) is 6.96. The third-order valence-electron chi connectivity index (χ3n) is 3.47. The van der Waals surface area contributed by atoms with Gasteiger partial charge in [-0.2, -0.15) is 0 Å². The lowest BCUT2D eigenvalue weighted by molar-refractivity contribution is -0.151. The van der Waals surface area contributed by atoms with Crippen LogP contribution in [0.5, 0.6) is 0 Å². The first-order valence-corrected chi connectivity index (χ1v) is 7.72. The molecule has 0 atom stereocenters. The molecule has 0 bridgehead atoms. The molecule has 23 heavy (non-hydrogen) atoms. The maximum Gasteiger partial charge on any atom is 0.309 e. The van der Waals surface area contributed by atoms with Crippen LogP contribution in [0.2, 0.25) is 10.0 Å². The largest absolute Gasteiger partial charge is 0.506 e. The van der Waals surface area contributed by atoms with E-state index in [2.05, 4.69) is 0 Å². The van der Waals surface area contributed by atoms with Crippen molar-refractivity contribution >= 4 is 46.5 Å². The number of halogens is 2. The second-order valence-electron chi connectivity index (χ2n) is 5.06. The summed E-state index contributed by atoms with van der Waals surface area (Å²) in [5, 5.41) is 10.7. The average molecular weight is 357 g/mol. The monoisotopic (exact) mass is 356 g/mol. The minimum atomic E-state index is -0.805. The highest BCUT2D eigenvalue weighted by molar-refractivity contribution is 6.42. The van der Waals surface area contributed by atoms with E-state index in [-0.39, 0.29) is 40.6 Å². The molecule has 0 amide bonds. The van der Waals surface area contributed by atoms with Crippen LogP contribution in [0.15, 0.2) is 23.8 Å². The molecular formula is C16H14Cl2O5. The summed E-state index contributed by atoms with van der Waals surface area (Å²) in [6.07, 6.45) is -0.351. The molecule has 122 valence electrons. The van der Waals surface area contributed by atoms with Gasteiger partial charge in [0.1, 0.15) is 11.3 Å². The van der Waals surface area contributed by atoms with Crippen LogP contribution >= 0.6 is 23.2 Å². The Bertz CT molecular complexity index is 688. The number of hydrogen-bond acceptors (Lipinski definition) is 5. The van der Waals surface area contributed by atoms with Crippen LogP contribution in [0.3, 0.4) is 0 Å². The molecule has 5 nitrogen and oxygen atoms in total. The zero-order chi connectivity index (χ0) is 17.1. The number of allylic oxidation sites excluding steroid dienone is 1. The smallest absolute Gasteiger partial charge is 0.309 e. The highest BCUT2D eigenvalue weighted by Crippen LogP contribution is 2.31. The molecule has 0 radical (unpaired) electrons. The van der Waals surface area contributed by atoms with E-state index in [1.165, 1.54) is 18.2 Å². The van der Waals surface area contributed by atoms with Gasteiger partial charge in [0.05, 0.1) is 22.6 Å². The number of ether oxygens (including phenoxy) is 1. The fourth-order valence-electron chi connectivity index (χ4n) is 2.36. The first kappa shape index (κ1) is 17.5. The summed E-state index contributed by atoms with van der Waals surface area (Å²) in [6, 6.07) is 4.27. The summed E-state index contributed by atoms with van der Waals surface area (Å²) >= 11 is 11.7. The Morgan fingerprint density at radius 3 is 2.35 bits per heavy atom. The number of benzene rings is 1. The minimum absolute atomic E-state index is 0.175. The van der Waals surface area contributed by atoms with Crippen molar-refractivity contribution in [2.45, 2.75) is 19.8 Å². The van der Waals surface area contributed by atoms with Gasteiger partial charge < -0.3 is 9.84 Å². The fourth-order valence-corrected chi connectivity index (χ4v) is 2.66. The zero-order valence-corrected chi connectivity index (χ0v) is 13.8. The molecule has 2 rings (SSSR count). The van der Waals surface area contributed by atoms with E-state index in [0.717, 1.165) is 0 Å². The second kappa shape index (κ2) is 7.15. The van der Waals surface area contributed by atoms with Gasteiger partial charge >= 0.3 is 5.97 Å². The van der Waals surface area contributed by atoms with E-state index >= 15 is 0 Å². The van der Waals surface area contributed by atoms with Gasteiger partial charge in [-0.25, -0.2) is 0 Å². The third-order valence-corrected chi connectivity index (χ3v) is 4.21. The van der Waals surface area contributed by atoms with Crippen molar-refractivity contribution in [3.05, 3.63) is 39.4 Å². The molecule has 1 aromatic carbocycles. The van der Waals surface area contributed by atoms with Gasteiger partial charge in [-0.05, 0) is 25.1 Å². The summed E-state index contributed by atoms with van der Waals surface area (Å²) in [6.45, 7) is 1.82. The number of carbonyl (C=O) groups is 3. The molecule has 1 N–H and O–H groups in total. The molecule has 0 aromatic heterocycles. The predicted octanol–water partition coefficient (Wildman–Crippen LogP) is 3.37. The van der Waals surface area contributed by atoms with Gasteiger partial charge in [-0.3, -0.25) is 14.4 Å². The highest BCUT2D eigenvalue weighted by atomic mass is 35.5. The molecular weight excluding hydrogens is 343 g/mol. The van der Waals surface area contributed by atoms with Crippen molar-refractivity contribution < 1.29 is 24.2 Å². The van der Waals surface area contributed by atoms with E-state index in [9.17, 15) is 19.5 Å². The summed E-state index contributed by atoms with van der Waals surface area (Å²) in [7, 11) is 0. The molecule has 7 heteroatoms. The van der Waals surface area contributed by atoms with Crippen molar-refractivity contribution in [1.29, 1.82) is 0 Å². The Kier molecular flexibility index (Phi) is 5.44. The molecule has 1 aliphatic carbocycles. The number of esters is 1. The number of aliphatic hydroxyl groups is 1. The highest BCUT2D eigenvalue weighted by Gasteiger charge is 2.37. The van der Waals surface area contributed by atoms with Crippen molar-refractivity contribution in [3.8, 4) is 0 Å². The third kappa shape index (κ3) is 3.74. The number of ketones is 2. The van der Waals surface area contributed by atoms with Crippen LogP contribution in [0, 0.1) is 5.92 Å². The Morgan fingerprint density at radius 2 is 1.83 bits per heavy atom. The van der Waals surface area contributed by atoms with Gasteiger partial charge in [0.2, 0.25) is 0 Å².